The van der Waals surface area contributed by atoms with Crippen LogP contribution >= 0.6 is 0 Å². The van der Waals surface area contributed by atoms with Crippen LogP contribution < -0.4 is 0 Å². The summed E-state index contributed by atoms with van der Waals surface area (Å²) in [5.74, 6) is 0.754. The predicted octanol–water partition coefficient (Wildman–Crippen LogP) is 1.73. The highest BCUT2D eigenvalue weighted by atomic mass is 16.6. The van der Waals surface area contributed by atoms with E-state index in [2.05, 4.69) is 6.92 Å². The summed E-state index contributed by atoms with van der Waals surface area (Å²) in [6.45, 7) is 3.64. The van der Waals surface area contributed by atoms with Gasteiger partial charge in [0.25, 0.3) is 0 Å². The summed E-state index contributed by atoms with van der Waals surface area (Å²) in [5.41, 5.74) is 0. The van der Waals surface area contributed by atoms with Gasteiger partial charge in [-0.1, -0.05) is 19.8 Å². The van der Waals surface area contributed by atoms with Crippen LogP contribution in [0.15, 0.2) is 0 Å². The molecular formula is C12H22O3. The zero-order chi connectivity index (χ0) is 10.7. The molecule has 2 aliphatic rings. The molecule has 0 aromatic rings. The topological polar surface area (TPSA) is 38.7 Å². The van der Waals surface area contributed by atoms with E-state index in [9.17, 15) is 5.11 Å². The number of hydrogen-bond donors (Lipinski definition) is 1. The zero-order valence-corrected chi connectivity index (χ0v) is 9.52. The second-order valence-electron chi connectivity index (χ2n) is 4.87. The summed E-state index contributed by atoms with van der Waals surface area (Å²) >= 11 is 0. The molecular weight excluding hydrogens is 192 g/mol. The van der Waals surface area contributed by atoms with E-state index in [1.807, 2.05) is 0 Å². The fourth-order valence-corrected chi connectivity index (χ4v) is 2.55. The monoisotopic (exact) mass is 214 g/mol. The van der Waals surface area contributed by atoms with Gasteiger partial charge >= 0.3 is 0 Å². The van der Waals surface area contributed by atoms with Crippen molar-refractivity contribution in [2.45, 2.75) is 57.3 Å². The molecule has 3 nitrogen and oxygen atoms in total. The lowest BCUT2D eigenvalue weighted by Crippen LogP contribution is -2.45. The van der Waals surface area contributed by atoms with Crippen LogP contribution in [-0.4, -0.2) is 36.6 Å². The fraction of sp³-hybridized carbons (Fsp3) is 1.00. The molecule has 1 heterocycles. The number of hydrogen-bond acceptors (Lipinski definition) is 3. The summed E-state index contributed by atoms with van der Waals surface area (Å²) in [5, 5.41) is 9.86. The molecule has 15 heavy (non-hydrogen) atoms. The maximum atomic E-state index is 9.86. The van der Waals surface area contributed by atoms with E-state index in [0.717, 1.165) is 25.2 Å². The first kappa shape index (κ1) is 11.4. The Morgan fingerprint density at radius 1 is 1.33 bits per heavy atom. The number of aliphatic hydroxyl groups is 1. The summed E-state index contributed by atoms with van der Waals surface area (Å²) in [6, 6.07) is 0. The molecule has 2 rings (SSSR count). The SMILES string of the molecule is CCCC1CCC(O)C(OC2COC2)C1. The van der Waals surface area contributed by atoms with Crippen LogP contribution in [0.5, 0.6) is 0 Å². The van der Waals surface area contributed by atoms with Crippen molar-refractivity contribution in [2.75, 3.05) is 13.2 Å². The number of ether oxygens (including phenoxy) is 2. The third-order valence-electron chi connectivity index (χ3n) is 3.54. The smallest absolute Gasteiger partial charge is 0.105 e. The minimum atomic E-state index is -0.251. The van der Waals surface area contributed by atoms with E-state index >= 15 is 0 Å². The zero-order valence-electron chi connectivity index (χ0n) is 9.52. The van der Waals surface area contributed by atoms with Crippen molar-refractivity contribution in [3.8, 4) is 0 Å². The second kappa shape index (κ2) is 5.28. The van der Waals surface area contributed by atoms with Crippen LogP contribution in [0.4, 0.5) is 0 Å². The molecule has 3 unspecified atom stereocenters. The Bertz CT molecular complexity index is 191. The second-order valence-corrected chi connectivity index (χ2v) is 4.87. The van der Waals surface area contributed by atoms with Gasteiger partial charge in [-0.05, 0) is 25.2 Å². The Balaban J connectivity index is 1.78. The van der Waals surface area contributed by atoms with Crippen molar-refractivity contribution in [3.63, 3.8) is 0 Å². The van der Waals surface area contributed by atoms with Gasteiger partial charge in [0.05, 0.1) is 25.4 Å². The van der Waals surface area contributed by atoms with Crippen LogP contribution in [0.1, 0.15) is 39.0 Å². The quantitative estimate of drug-likeness (QED) is 0.774. The van der Waals surface area contributed by atoms with Crippen molar-refractivity contribution in [1.82, 2.24) is 0 Å². The Labute approximate surface area is 91.8 Å². The van der Waals surface area contributed by atoms with Crippen molar-refractivity contribution in [3.05, 3.63) is 0 Å². The van der Waals surface area contributed by atoms with E-state index in [-0.39, 0.29) is 18.3 Å². The molecule has 0 bridgehead atoms. The molecule has 0 spiro atoms. The molecule has 3 heteroatoms. The molecule has 1 aliphatic heterocycles. The average molecular weight is 214 g/mol. The van der Waals surface area contributed by atoms with Crippen LogP contribution in [0.3, 0.4) is 0 Å². The Kier molecular flexibility index (Phi) is 4.00. The van der Waals surface area contributed by atoms with E-state index in [1.165, 1.54) is 12.8 Å². The molecule has 2 fully saturated rings. The van der Waals surface area contributed by atoms with Gasteiger partial charge in [-0.15, -0.1) is 0 Å². The van der Waals surface area contributed by atoms with Gasteiger partial charge in [0.1, 0.15) is 6.10 Å². The van der Waals surface area contributed by atoms with Gasteiger partial charge in [0.15, 0.2) is 0 Å². The number of aliphatic hydroxyl groups excluding tert-OH is 1. The summed E-state index contributed by atoms with van der Waals surface area (Å²) < 4.78 is 10.9. The van der Waals surface area contributed by atoms with E-state index in [1.54, 1.807) is 0 Å². The highest BCUT2D eigenvalue weighted by Crippen LogP contribution is 2.31. The van der Waals surface area contributed by atoms with Gasteiger partial charge in [0.2, 0.25) is 0 Å². The van der Waals surface area contributed by atoms with E-state index < -0.39 is 0 Å². The molecule has 0 aromatic carbocycles. The molecule has 1 aliphatic carbocycles. The lowest BCUT2D eigenvalue weighted by atomic mass is 9.83. The number of rotatable bonds is 4. The van der Waals surface area contributed by atoms with E-state index in [4.69, 9.17) is 9.47 Å². The molecule has 0 amide bonds. The van der Waals surface area contributed by atoms with Crippen molar-refractivity contribution in [1.29, 1.82) is 0 Å². The molecule has 1 saturated heterocycles. The van der Waals surface area contributed by atoms with Crippen LogP contribution in [0, 0.1) is 5.92 Å². The maximum absolute atomic E-state index is 9.86. The summed E-state index contributed by atoms with van der Waals surface area (Å²) in [4.78, 5) is 0. The minimum Gasteiger partial charge on any atom is -0.390 e. The van der Waals surface area contributed by atoms with Gasteiger partial charge < -0.3 is 14.6 Å². The molecule has 0 radical (unpaired) electrons. The standard InChI is InChI=1S/C12H22O3/c1-2-3-9-4-5-11(13)12(6-9)15-10-7-14-8-10/h9-13H,2-8H2,1H3. The molecule has 0 aromatic heterocycles. The lowest BCUT2D eigenvalue weighted by Gasteiger charge is -2.37. The lowest BCUT2D eigenvalue weighted by molar-refractivity contribution is -0.186. The van der Waals surface area contributed by atoms with Crippen molar-refractivity contribution < 1.29 is 14.6 Å². The van der Waals surface area contributed by atoms with Crippen molar-refractivity contribution in [2.24, 2.45) is 5.92 Å². The van der Waals surface area contributed by atoms with Crippen LogP contribution in [0.25, 0.3) is 0 Å². The predicted molar refractivity (Wildman–Crippen MR) is 57.7 cm³/mol. The van der Waals surface area contributed by atoms with Gasteiger partial charge in [-0.25, -0.2) is 0 Å². The molecule has 1 N–H and O–H groups in total. The maximum Gasteiger partial charge on any atom is 0.105 e. The summed E-state index contributed by atoms with van der Waals surface area (Å²) in [7, 11) is 0. The third kappa shape index (κ3) is 2.92. The fourth-order valence-electron chi connectivity index (χ4n) is 2.55. The Hall–Kier alpha value is -0.120. The van der Waals surface area contributed by atoms with Crippen LogP contribution in [-0.2, 0) is 9.47 Å². The summed E-state index contributed by atoms with van der Waals surface area (Å²) in [6.07, 6.45) is 5.66. The van der Waals surface area contributed by atoms with Gasteiger partial charge in [-0.2, -0.15) is 0 Å². The van der Waals surface area contributed by atoms with Crippen molar-refractivity contribution >= 4 is 0 Å². The Morgan fingerprint density at radius 3 is 2.73 bits per heavy atom. The molecule has 3 atom stereocenters. The Morgan fingerprint density at radius 2 is 2.13 bits per heavy atom. The minimum absolute atomic E-state index is 0.0594. The molecule has 88 valence electrons. The first-order valence-corrected chi connectivity index (χ1v) is 6.21. The van der Waals surface area contributed by atoms with E-state index in [0.29, 0.717) is 13.2 Å². The van der Waals surface area contributed by atoms with Gasteiger partial charge in [0, 0.05) is 0 Å². The largest absolute Gasteiger partial charge is 0.390 e. The highest BCUT2D eigenvalue weighted by molar-refractivity contribution is 4.82. The average Bonchev–Trinajstić information content (AvgIpc) is 2.16. The van der Waals surface area contributed by atoms with Crippen LogP contribution in [0.2, 0.25) is 0 Å². The van der Waals surface area contributed by atoms with Gasteiger partial charge in [-0.3, -0.25) is 0 Å². The normalized spacial score (nSPS) is 37.6. The first-order valence-electron chi connectivity index (χ1n) is 6.21. The third-order valence-corrected chi connectivity index (χ3v) is 3.54. The first-order chi connectivity index (χ1) is 7.29. The molecule has 1 saturated carbocycles. The highest BCUT2D eigenvalue weighted by Gasteiger charge is 2.33.